The maximum absolute atomic E-state index is 12.7. The third-order valence-electron chi connectivity index (χ3n) is 4.37. The van der Waals surface area contributed by atoms with Crippen molar-refractivity contribution < 1.29 is 14.3 Å². The van der Waals surface area contributed by atoms with Gasteiger partial charge in [-0.3, -0.25) is 4.79 Å². The molecule has 9 nitrogen and oxygen atoms in total. The van der Waals surface area contributed by atoms with Crippen molar-refractivity contribution in [2.75, 3.05) is 36.6 Å². The molecule has 0 atom stereocenters. The van der Waals surface area contributed by atoms with E-state index < -0.39 is 0 Å². The summed E-state index contributed by atoms with van der Waals surface area (Å²) in [6.07, 6.45) is 2.04. The van der Waals surface area contributed by atoms with Crippen LogP contribution in [0.2, 0.25) is 0 Å². The highest BCUT2D eigenvalue weighted by Crippen LogP contribution is 2.23. The molecule has 0 spiro atoms. The largest absolute Gasteiger partial charge is 0.496 e. The Bertz CT molecular complexity index is 1040. The van der Waals surface area contributed by atoms with Crippen LogP contribution in [0, 0.1) is 0 Å². The van der Waals surface area contributed by atoms with Crippen molar-refractivity contribution in [3.8, 4) is 5.75 Å². The summed E-state index contributed by atoms with van der Waals surface area (Å²) in [5, 5.41) is 8.54. The van der Waals surface area contributed by atoms with Gasteiger partial charge in [0.2, 0.25) is 11.7 Å². The van der Waals surface area contributed by atoms with E-state index in [-0.39, 0.29) is 23.2 Å². The van der Waals surface area contributed by atoms with Gasteiger partial charge >= 0.3 is 6.03 Å². The molecule has 0 fully saturated rings. The molecule has 3 rings (SSSR count). The Balaban J connectivity index is 1.47. The van der Waals surface area contributed by atoms with Gasteiger partial charge in [-0.2, -0.15) is 4.98 Å². The predicted molar refractivity (Wildman–Crippen MR) is 119 cm³/mol. The number of anilines is 3. The molecule has 0 aliphatic rings. The van der Waals surface area contributed by atoms with Crippen LogP contribution in [-0.2, 0) is 0 Å². The quantitative estimate of drug-likeness (QED) is 0.309. The number of nitrogens with zero attached hydrogens (tertiary/aromatic N) is 2. The standard InChI is InChI=1S/C22H24N6O3/c1-31-18-11-6-5-10-16(18)19(29)17-14-26-21(28-20(17)23)24-12-7-13-25-22(30)27-15-8-3-2-4-9-15/h2-6,8-11,14H,7,12-13H2,1H3,(H2,25,27,30)(H3,23,24,26,28). The molecule has 0 saturated heterocycles. The van der Waals surface area contributed by atoms with Crippen LogP contribution in [0.1, 0.15) is 22.3 Å². The third kappa shape index (κ3) is 5.92. The van der Waals surface area contributed by atoms with Gasteiger partial charge in [-0.25, -0.2) is 9.78 Å². The SMILES string of the molecule is COc1ccccc1C(=O)c1cnc(NCCCNC(=O)Nc2ccccc2)nc1N. The van der Waals surface area contributed by atoms with Gasteiger partial charge in [0.05, 0.1) is 18.2 Å². The van der Waals surface area contributed by atoms with Crippen LogP contribution in [0.3, 0.4) is 0 Å². The second kappa shape index (κ2) is 10.6. The number of amides is 2. The summed E-state index contributed by atoms with van der Waals surface area (Å²) in [5.74, 6) is 0.532. The predicted octanol–water partition coefficient (Wildman–Crippen LogP) is 2.92. The monoisotopic (exact) mass is 420 g/mol. The number of carbonyl (C=O) groups excluding carboxylic acids is 2. The number of methoxy groups -OCH3 is 1. The summed E-state index contributed by atoms with van der Waals surface area (Å²) in [4.78, 5) is 32.9. The van der Waals surface area contributed by atoms with Gasteiger partial charge in [0, 0.05) is 25.0 Å². The smallest absolute Gasteiger partial charge is 0.319 e. The molecular formula is C22H24N6O3. The average Bonchev–Trinajstić information content (AvgIpc) is 2.79. The van der Waals surface area contributed by atoms with Crippen molar-refractivity contribution in [2.24, 2.45) is 0 Å². The number of nitrogens with two attached hydrogens (primary N) is 1. The lowest BCUT2D eigenvalue weighted by Gasteiger charge is -2.10. The summed E-state index contributed by atoms with van der Waals surface area (Å²) < 4.78 is 5.23. The Hall–Kier alpha value is -4.14. The van der Waals surface area contributed by atoms with Gasteiger partial charge in [0.1, 0.15) is 11.6 Å². The van der Waals surface area contributed by atoms with Crippen LogP contribution >= 0.6 is 0 Å². The number of aromatic nitrogens is 2. The molecule has 0 radical (unpaired) electrons. The lowest BCUT2D eigenvalue weighted by Crippen LogP contribution is -2.30. The second-order valence-electron chi connectivity index (χ2n) is 6.55. The average molecular weight is 420 g/mol. The maximum Gasteiger partial charge on any atom is 0.319 e. The van der Waals surface area contributed by atoms with E-state index in [0.717, 1.165) is 5.69 Å². The van der Waals surface area contributed by atoms with E-state index in [9.17, 15) is 9.59 Å². The van der Waals surface area contributed by atoms with E-state index in [0.29, 0.717) is 36.8 Å². The molecule has 5 N–H and O–H groups in total. The number of nitrogens with one attached hydrogen (secondary N) is 3. The van der Waals surface area contributed by atoms with Crippen LogP contribution in [-0.4, -0.2) is 42.0 Å². The van der Waals surface area contributed by atoms with E-state index in [4.69, 9.17) is 10.5 Å². The van der Waals surface area contributed by atoms with Gasteiger partial charge < -0.3 is 26.4 Å². The van der Waals surface area contributed by atoms with Gasteiger partial charge in [0.15, 0.2) is 0 Å². The Morgan fingerprint density at radius 1 is 1.00 bits per heavy atom. The fourth-order valence-electron chi connectivity index (χ4n) is 2.82. The molecule has 160 valence electrons. The van der Waals surface area contributed by atoms with Crippen molar-refractivity contribution >= 4 is 29.3 Å². The van der Waals surface area contributed by atoms with E-state index >= 15 is 0 Å². The van der Waals surface area contributed by atoms with E-state index in [2.05, 4.69) is 25.9 Å². The van der Waals surface area contributed by atoms with Gasteiger partial charge in [-0.1, -0.05) is 30.3 Å². The number of hydrogen-bond acceptors (Lipinski definition) is 7. The molecule has 0 unspecified atom stereocenters. The minimum absolute atomic E-state index is 0.0776. The third-order valence-corrected chi connectivity index (χ3v) is 4.37. The highest BCUT2D eigenvalue weighted by Gasteiger charge is 2.18. The molecule has 2 amide bonds. The number of ether oxygens (including phenoxy) is 1. The molecule has 0 aliphatic heterocycles. The molecule has 0 aliphatic carbocycles. The number of hydrogen-bond donors (Lipinski definition) is 4. The molecule has 0 bridgehead atoms. The number of carbonyl (C=O) groups is 2. The summed E-state index contributed by atoms with van der Waals surface area (Å²) >= 11 is 0. The summed E-state index contributed by atoms with van der Waals surface area (Å²) in [7, 11) is 1.50. The number of urea groups is 1. The van der Waals surface area contributed by atoms with Crippen LogP contribution in [0.15, 0.2) is 60.8 Å². The first-order valence-electron chi connectivity index (χ1n) is 9.72. The summed E-state index contributed by atoms with van der Waals surface area (Å²) in [6, 6.07) is 15.8. The lowest BCUT2D eigenvalue weighted by molar-refractivity contribution is 0.103. The molecule has 9 heteroatoms. The van der Waals surface area contributed by atoms with E-state index in [1.807, 2.05) is 30.3 Å². The summed E-state index contributed by atoms with van der Waals surface area (Å²) in [6.45, 7) is 0.983. The highest BCUT2D eigenvalue weighted by atomic mass is 16.5. The van der Waals surface area contributed by atoms with Gasteiger partial charge in [-0.15, -0.1) is 0 Å². The first-order chi connectivity index (χ1) is 15.1. The number of ketones is 1. The molecule has 31 heavy (non-hydrogen) atoms. The normalized spacial score (nSPS) is 10.2. The zero-order valence-electron chi connectivity index (χ0n) is 17.1. The van der Waals surface area contributed by atoms with Crippen molar-refractivity contribution in [1.29, 1.82) is 0 Å². The van der Waals surface area contributed by atoms with Crippen LogP contribution in [0.25, 0.3) is 0 Å². The fraction of sp³-hybridized carbons (Fsp3) is 0.182. The van der Waals surface area contributed by atoms with E-state index in [1.54, 1.807) is 24.3 Å². The van der Waals surface area contributed by atoms with Crippen LogP contribution in [0.5, 0.6) is 5.75 Å². The number of para-hydroxylation sites is 2. The first kappa shape index (κ1) is 21.6. The van der Waals surface area contributed by atoms with Crippen LogP contribution in [0.4, 0.5) is 22.2 Å². The fourth-order valence-corrected chi connectivity index (χ4v) is 2.82. The molecule has 2 aromatic carbocycles. The van der Waals surface area contributed by atoms with Crippen molar-refractivity contribution in [3.05, 3.63) is 71.9 Å². The molecule has 3 aromatic rings. The lowest BCUT2D eigenvalue weighted by atomic mass is 10.0. The Morgan fingerprint density at radius 3 is 2.48 bits per heavy atom. The Labute approximate surface area is 180 Å². The molecule has 1 heterocycles. The number of benzene rings is 2. The Morgan fingerprint density at radius 2 is 1.74 bits per heavy atom. The molecular weight excluding hydrogens is 396 g/mol. The van der Waals surface area contributed by atoms with E-state index in [1.165, 1.54) is 13.3 Å². The number of rotatable bonds is 9. The minimum atomic E-state index is -0.310. The van der Waals surface area contributed by atoms with Crippen LogP contribution < -0.4 is 26.4 Å². The topological polar surface area (TPSA) is 131 Å². The summed E-state index contributed by atoms with van der Waals surface area (Å²) in [5.41, 5.74) is 7.30. The number of nitrogen functional groups attached to an aromatic ring is 1. The first-order valence-corrected chi connectivity index (χ1v) is 9.72. The van der Waals surface area contributed by atoms with Crippen molar-refractivity contribution in [2.45, 2.75) is 6.42 Å². The zero-order valence-corrected chi connectivity index (χ0v) is 17.1. The zero-order chi connectivity index (χ0) is 22.1. The Kier molecular flexibility index (Phi) is 7.36. The molecule has 0 saturated carbocycles. The van der Waals surface area contributed by atoms with Crippen molar-refractivity contribution in [1.82, 2.24) is 15.3 Å². The molecule has 1 aromatic heterocycles. The minimum Gasteiger partial charge on any atom is -0.496 e. The van der Waals surface area contributed by atoms with Gasteiger partial charge in [0.25, 0.3) is 0 Å². The van der Waals surface area contributed by atoms with Gasteiger partial charge in [-0.05, 0) is 30.7 Å². The van der Waals surface area contributed by atoms with Crippen molar-refractivity contribution in [3.63, 3.8) is 0 Å². The highest BCUT2D eigenvalue weighted by molar-refractivity contribution is 6.13. The second-order valence-corrected chi connectivity index (χ2v) is 6.55. The maximum atomic E-state index is 12.7.